The van der Waals surface area contributed by atoms with E-state index in [-0.39, 0.29) is 22.6 Å². The van der Waals surface area contributed by atoms with Crippen LogP contribution in [0.4, 0.5) is 5.69 Å². The van der Waals surface area contributed by atoms with Crippen molar-refractivity contribution in [2.45, 2.75) is 39.2 Å². The van der Waals surface area contributed by atoms with Gasteiger partial charge in [0.25, 0.3) is 0 Å². The average molecular weight is 511 g/mol. The molecule has 0 saturated heterocycles. The predicted octanol–water partition coefficient (Wildman–Crippen LogP) is 6.20. The Morgan fingerprint density at radius 3 is 2.54 bits per heavy atom. The van der Waals surface area contributed by atoms with Crippen molar-refractivity contribution in [1.29, 1.82) is 10.5 Å². The number of hydrogen-bond donors (Lipinski definition) is 2. The summed E-state index contributed by atoms with van der Waals surface area (Å²) in [5, 5.41) is 32.3. The van der Waals surface area contributed by atoms with Gasteiger partial charge in [-0.05, 0) is 63.1 Å². The third-order valence-corrected chi connectivity index (χ3v) is 6.30. The molecule has 37 heavy (non-hydrogen) atoms. The van der Waals surface area contributed by atoms with Gasteiger partial charge in [-0.3, -0.25) is 0 Å². The highest BCUT2D eigenvalue weighted by Gasteiger charge is 2.23. The van der Waals surface area contributed by atoms with E-state index >= 15 is 0 Å². The van der Waals surface area contributed by atoms with E-state index in [0.29, 0.717) is 28.0 Å². The summed E-state index contributed by atoms with van der Waals surface area (Å²) >= 11 is 5.90. The number of carboxylic acids is 1. The molecule has 0 spiro atoms. The number of aromatic carboxylic acids is 1. The molecular formula is C28H23ClN6O2. The fraction of sp³-hybridized carbons (Fsp3) is 0.214. The van der Waals surface area contributed by atoms with Crippen LogP contribution in [0.1, 0.15) is 59.7 Å². The Bertz CT molecular complexity index is 1630. The van der Waals surface area contributed by atoms with Crippen molar-refractivity contribution < 1.29 is 9.90 Å². The number of nitriles is 2. The van der Waals surface area contributed by atoms with Crippen LogP contribution in [0, 0.1) is 29.6 Å². The Hall–Kier alpha value is -4.53. The summed E-state index contributed by atoms with van der Waals surface area (Å²) in [7, 11) is 0. The summed E-state index contributed by atoms with van der Waals surface area (Å²) in [4.78, 5) is 25.1. The Labute approximate surface area is 219 Å². The minimum absolute atomic E-state index is 0.0814. The predicted molar refractivity (Wildman–Crippen MR) is 141 cm³/mol. The second-order valence-electron chi connectivity index (χ2n) is 9.27. The van der Waals surface area contributed by atoms with Crippen LogP contribution in [0.2, 0.25) is 5.15 Å². The standard InChI is InChI=1S/C28H23ClN6O2/c1-15-10-19(16(2)32-20-8-9-23(29)34-26(20)27(36)37)25-21(11-15)33-22(13-30)24(35-25)17-6-5-7-18(12-17)28(3,4)14-31/h5-12,16,32H,1-4H3,(H,36,37)/t16-/m1/s1. The smallest absolute Gasteiger partial charge is 0.356 e. The Balaban J connectivity index is 1.87. The van der Waals surface area contributed by atoms with Crippen molar-refractivity contribution >= 4 is 34.3 Å². The molecule has 9 heteroatoms. The first-order valence-electron chi connectivity index (χ1n) is 11.4. The van der Waals surface area contributed by atoms with Crippen LogP contribution in [-0.4, -0.2) is 26.0 Å². The summed E-state index contributed by atoms with van der Waals surface area (Å²) < 4.78 is 0. The first-order valence-corrected chi connectivity index (χ1v) is 11.8. The van der Waals surface area contributed by atoms with Gasteiger partial charge < -0.3 is 10.4 Å². The molecule has 0 radical (unpaired) electrons. The molecule has 0 aliphatic heterocycles. The molecule has 0 aliphatic rings. The zero-order valence-corrected chi connectivity index (χ0v) is 21.4. The molecule has 0 unspecified atom stereocenters. The maximum absolute atomic E-state index is 11.7. The molecule has 0 bridgehead atoms. The monoisotopic (exact) mass is 510 g/mol. The van der Waals surface area contributed by atoms with Crippen molar-refractivity contribution in [2.75, 3.05) is 5.32 Å². The Morgan fingerprint density at radius 1 is 1.11 bits per heavy atom. The first-order chi connectivity index (χ1) is 17.5. The number of hydrogen-bond acceptors (Lipinski definition) is 7. The van der Waals surface area contributed by atoms with E-state index < -0.39 is 11.4 Å². The summed E-state index contributed by atoms with van der Waals surface area (Å²) in [5.74, 6) is -1.20. The lowest BCUT2D eigenvalue weighted by Crippen LogP contribution is -2.14. The molecule has 0 fully saturated rings. The molecule has 2 heterocycles. The van der Waals surface area contributed by atoms with E-state index in [1.165, 1.54) is 6.07 Å². The summed E-state index contributed by atoms with van der Waals surface area (Å²) in [5.41, 5.74) is 4.26. The molecule has 4 rings (SSSR count). The second kappa shape index (κ2) is 9.85. The third-order valence-electron chi connectivity index (χ3n) is 6.09. The molecule has 0 saturated carbocycles. The van der Waals surface area contributed by atoms with Gasteiger partial charge in [-0.1, -0.05) is 35.9 Å². The van der Waals surface area contributed by atoms with Crippen molar-refractivity contribution in [2.24, 2.45) is 0 Å². The minimum atomic E-state index is -1.20. The largest absolute Gasteiger partial charge is 0.476 e. The number of carboxylic acid groups (broad SMARTS) is 1. The van der Waals surface area contributed by atoms with Crippen molar-refractivity contribution in [1.82, 2.24) is 15.0 Å². The number of benzene rings is 2. The van der Waals surface area contributed by atoms with Crippen LogP contribution in [0.25, 0.3) is 22.3 Å². The average Bonchev–Trinajstić information content (AvgIpc) is 2.88. The lowest BCUT2D eigenvalue weighted by molar-refractivity contribution is 0.0691. The van der Waals surface area contributed by atoms with Gasteiger partial charge >= 0.3 is 5.97 Å². The van der Waals surface area contributed by atoms with Gasteiger partial charge in [-0.2, -0.15) is 10.5 Å². The van der Waals surface area contributed by atoms with E-state index in [0.717, 1.165) is 16.7 Å². The Kier molecular flexibility index (Phi) is 6.80. The summed E-state index contributed by atoms with van der Waals surface area (Å²) in [6, 6.07) is 18.3. The maximum Gasteiger partial charge on any atom is 0.356 e. The van der Waals surface area contributed by atoms with Crippen LogP contribution in [0.5, 0.6) is 0 Å². The number of carbonyl (C=O) groups is 1. The highest BCUT2D eigenvalue weighted by Crippen LogP contribution is 2.32. The second-order valence-corrected chi connectivity index (χ2v) is 9.66. The Morgan fingerprint density at radius 2 is 1.86 bits per heavy atom. The maximum atomic E-state index is 11.7. The normalized spacial score (nSPS) is 12.0. The van der Waals surface area contributed by atoms with E-state index in [1.807, 2.05) is 64.1 Å². The molecule has 2 N–H and O–H groups in total. The lowest BCUT2D eigenvalue weighted by atomic mass is 9.85. The molecule has 1 atom stereocenters. The fourth-order valence-electron chi connectivity index (χ4n) is 4.09. The van der Waals surface area contributed by atoms with Crippen molar-refractivity contribution in [3.8, 4) is 23.4 Å². The van der Waals surface area contributed by atoms with Gasteiger partial charge in [-0.15, -0.1) is 0 Å². The third kappa shape index (κ3) is 5.06. The van der Waals surface area contributed by atoms with Crippen LogP contribution in [0.3, 0.4) is 0 Å². The molecule has 2 aromatic carbocycles. The molecule has 4 aromatic rings. The topological polar surface area (TPSA) is 136 Å². The molecule has 0 amide bonds. The van der Waals surface area contributed by atoms with Gasteiger partial charge in [-0.25, -0.2) is 19.7 Å². The van der Waals surface area contributed by atoms with Gasteiger partial charge in [0.15, 0.2) is 11.4 Å². The van der Waals surface area contributed by atoms with Gasteiger partial charge in [0.05, 0.1) is 34.2 Å². The summed E-state index contributed by atoms with van der Waals surface area (Å²) in [6.45, 7) is 7.45. The molecule has 2 aromatic heterocycles. The quantitative estimate of drug-likeness (QED) is 0.293. The van der Waals surface area contributed by atoms with Crippen molar-refractivity contribution in [3.05, 3.63) is 81.8 Å². The first kappa shape index (κ1) is 25.6. The minimum Gasteiger partial charge on any atom is -0.476 e. The number of rotatable bonds is 6. The number of aryl methyl sites for hydroxylation is 1. The number of pyridine rings is 1. The summed E-state index contributed by atoms with van der Waals surface area (Å²) in [6.07, 6.45) is 0. The van der Waals surface area contributed by atoms with Crippen LogP contribution in [0.15, 0.2) is 48.5 Å². The number of aromatic nitrogens is 3. The number of fused-ring (bicyclic) bond motifs is 1. The molecule has 0 aliphatic carbocycles. The van der Waals surface area contributed by atoms with Gasteiger partial charge in [0.2, 0.25) is 0 Å². The van der Waals surface area contributed by atoms with E-state index in [1.54, 1.807) is 6.07 Å². The zero-order chi connectivity index (χ0) is 26.9. The molecule has 8 nitrogen and oxygen atoms in total. The van der Waals surface area contributed by atoms with E-state index in [2.05, 4.69) is 27.4 Å². The number of nitrogens with zero attached hydrogens (tertiary/aromatic N) is 5. The molecular weight excluding hydrogens is 488 g/mol. The van der Waals surface area contributed by atoms with Gasteiger partial charge in [0, 0.05) is 11.1 Å². The number of anilines is 1. The highest BCUT2D eigenvalue weighted by molar-refractivity contribution is 6.29. The van der Waals surface area contributed by atoms with Crippen LogP contribution >= 0.6 is 11.6 Å². The van der Waals surface area contributed by atoms with Crippen molar-refractivity contribution in [3.63, 3.8) is 0 Å². The fourth-order valence-corrected chi connectivity index (χ4v) is 4.23. The van der Waals surface area contributed by atoms with E-state index in [4.69, 9.17) is 16.6 Å². The number of nitrogens with one attached hydrogen (secondary N) is 1. The van der Waals surface area contributed by atoms with E-state index in [9.17, 15) is 20.4 Å². The van der Waals surface area contributed by atoms with Crippen LogP contribution < -0.4 is 5.32 Å². The highest BCUT2D eigenvalue weighted by atomic mass is 35.5. The molecule has 184 valence electrons. The van der Waals surface area contributed by atoms with Gasteiger partial charge in [0.1, 0.15) is 16.9 Å². The van der Waals surface area contributed by atoms with Crippen LogP contribution in [-0.2, 0) is 5.41 Å². The zero-order valence-electron chi connectivity index (χ0n) is 20.7. The SMILES string of the molecule is Cc1cc([C@@H](C)Nc2ccc(Cl)nc2C(=O)O)c2nc(-c3cccc(C(C)(C)C#N)c3)c(C#N)nc2c1. The lowest BCUT2D eigenvalue weighted by Gasteiger charge is -2.20. The number of halogens is 1.